The summed E-state index contributed by atoms with van der Waals surface area (Å²) in [6.07, 6.45) is 1.91. The van der Waals surface area contributed by atoms with Crippen LogP contribution in [0.15, 0.2) is 52.8 Å². The lowest BCUT2D eigenvalue weighted by Gasteiger charge is -2.34. The van der Waals surface area contributed by atoms with Crippen LogP contribution in [0.1, 0.15) is 25.6 Å². The molecule has 2 aliphatic heterocycles. The third-order valence-electron chi connectivity index (χ3n) is 5.87. The van der Waals surface area contributed by atoms with E-state index < -0.39 is 5.54 Å². The van der Waals surface area contributed by atoms with Gasteiger partial charge in [-0.3, -0.25) is 0 Å². The number of benzene rings is 2. The van der Waals surface area contributed by atoms with E-state index in [0.717, 1.165) is 37.7 Å². The average Bonchev–Trinajstić information content (AvgIpc) is 3.40. The maximum Gasteiger partial charge on any atom is 0.254 e. The lowest BCUT2D eigenvalue weighted by molar-refractivity contribution is 0.0715. The van der Waals surface area contributed by atoms with Crippen molar-refractivity contribution in [1.82, 2.24) is 20.5 Å². The number of nitrogens with one attached hydrogen (secondary N) is 1. The molecule has 162 valence electrons. The Bertz CT molecular complexity index is 1120. The first-order valence-corrected chi connectivity index (χ1v) is 10.6. The maximum absolute atomic E-state index is 6.01. The Morgan fingerprint density at radius 3 is 2.77 bits per heavy atom. The van der Waals surface area contributed by atoms with Crippen LogP contribution in [0, 0.1) is 0 Å². The molecule has 1 unspecified atom stereocenters. The molecule has 0 spiro atoms. The van der Waals surface area contributed by atoms with Gasteiger partial charge in [0.2, 0.25) is 5.82 Å². The molecule has 0 aliphatic carbocycles. The zero-order valence-corrected chi connectivity index (χ0v) is 18.1. The van der Waals surface area contributed by atoms with Gasteiger partial charge in [0.15, 0.2) is 12.1 Å². The number of fused-ring (bicyclic) bond motifs is 1. The van der Waals surface area contributed by atoms with E-state index in [2.05, 4.69) is 62.8 Å². The number of hydrogen-bond acceptors (Lipinski definition) is 8. The van der Waals surface area contributed by atoms with Crippen molar-refractivity contribution in [2.45, 2.75) is 26.0 Å². The minimum absolute atomic E-state index is 0.227. The highest BCUT2D eigenvalue weighted by Gasteiger charge is 2.36. The molecule has 5 rings (SSSR count). The number of anilines is 1. The van der Waals surface area contributed by atoms with E-state index in [9.17, 15) is 0 Å². The van der Waals surface area contributed by atoms with E-state index in [1.54, 1.807) is 0 Å². The van der Waals surface area contributed by atoms with E-state index in [4.69, 9.17) is 14.1 Å². The van der Waals surface area contributed by atoms with Gasteiger partial charge in [0.25, 0.3) is 5.89 Å². The summed E-state index contributed by atoms with van der Waals surface area (Å²) < 4.78 is 11.4. The summed E-state index contributed by atoms with van der Waals surface area (Å²) in [7, 11) is 2.17. The molecule has 1 N–H and O–H groups in total. The van der Waals surface area contributed by atoms with Gasteiger partial charge in [-0.15, -0.1) is 5.48 Å². The second-order valence-electron chi connectivity index (χ2n) is 8.42. The molecule has 1 saturated heterocycles. The highest BCUT2D eigenvalue weighted by Crippen LogP contribution is 2.31. The molecular formula is C23H27N5O3. The Balaban J connectivity index is 1.33. The third kappa shape index (κ3) is 3.96. The molecule has 8 nitrogen and oxygen atoms in total. The van der Waals surface area contributed by atoms with Crippen LogP contribution in [0.25, 0.3) is 10.8 Å². The normalized spacial score (nSPS) is 21.9. The maximum atomic E-state index is 6.01. The minimum atomic E-state index is -0.629. The molecule has 0 radical (unpaired) electrons. The van der Waals surface area contributed by atoms with Crippen molar-refractivity contribution in [3.8, 4) is 5.75 Å². The lowest BCUT2D eigenvalue weighted by atomic mass is 10.0. The number of allylic oxidation sites excluding steroid dienone is 1. The van der Waals surface area contributed by atoms with Crippen molar-refractivity contribution in [2.24, 2.45) is 0 Å². The van der Waals surface area contributed by atoms with E-state index in [-0.39, 0.29) is 6.61 Å². The Hall–Kier alpha value is -3.10. The molecule has 3 heterocycles. The van der Waals surface area contributed by atoms with Gasteiger partial charge in [-0.25, -0.2) is 0 Å². The van der Waals surface area contributed by atoms with Crippen molar-refractivity contribution < 1.29 is 14.1 Å². The molecule has 31 heavy (non-hydrogen) atoms. The SMILES string of the molecule is CC1=CC(C)(c2nc(COc3ccc4cccc(N5CCN(C)CC5)c4c3)no2)NO1. The van der Waals surface area contributed by atoms with Crippen LogP contribution < -0.4 is 15.1 Å². The number of likely N-dealkylation sites (N-methyl/N-ethyl adjacent to an activating group) is 1. The quantitative estimate of drug-likeness (QED) is 0.673. The summed E-state index contributed by atoms with van der Waals surface area (Å²) in [6, 6.07) is 12.6. The monoisotopic (exact) mass is 421 g/mol. The number of rotatable bonds is 5. The molecule has 8 heteroatoms. The summed E-state index contributed by atoms with van der Waals surface area (Å²) in [6.45, 7) is 8.21. The predicted molar refractivity (Wildman–Crippen MR) is 118 cm³/mol. The molecule has 3 aromatic rings. The largest absolute Gasteiger partial charge is 0.485 e. The fourth-order valence-corrected chi connectivity index (χ4v) is 4.08. The molecule has 2 aromatic carbocycles. The van der Waals surface area contributed by atoms with Crippen LogP contribution in [0.5, 0.6) is 5.75 Å². The van der Waals surface area contributed by atoms with E-state index >= 15 is 0 Å². The fourth-order valence-electron chi connectivity index (χ4n) is 4.08. The minimum Gasteiger partial charge on any atom is -0.485 e. The van der Waals surface area contributed by atoms with Crippen molar-refractivity contribution in [3.63, 3.8) is 0 Å². The van der Waals surface area contributed by atoms with Gasteiger partial charge in [-0.2, -0.15) is 4.98 Å². The van der Waals surface area contributed by atoms with Gasteiger partial charge >= 0.3 is 0 Å². The molecule has 1 fully saturated rings. The van der Waals surface area contributed by atoms with Crippen LogP contribution in [0.2, 0.25) is 0 Å². The number of piperazine rings is 1. The van der Waals surface area contributed by atoms with Gasteiger partial charge in [0, 0.05) is 37.3 Å². The second kappa shape index (κ2) is 7.86. The molecule has 0 bridgehead atoms. The molecule has 2 aliphatic rings. The smallest absolute Gasteiger partial charge is 0.254 e. The summed E-state index contributed by atoms with van der Waals surface area (Å²) in [5.41, 5.74) is 3.53. The molecular weight excluding hydrogens is 394 g/mol. The lowest BCUT2D eigenvalue weighted by Crippen LogP contribution is -2.44. The summed E-state index contributed by atoms with van der Waals surface area (Å²) >= 11 is 0. The van der Waals surface area contributed by atoms with E-state index in [0.29, 0.717) is 11.7 Å². The van der Waals surface area contributed by atoms with E-state index in [1.165, 1.54) is 16.5 Å². The Morgan fingerprint density at radius 2 is 2.00 bits per heavy atom. The van der Waals surface area contributed by atoms with Gasteiger partial charge < -0.3 is 23.9 Å². The first-order chi connectivity index (χ1) is 15.0. The van der Waals surface area contributed by atoms with Gasteiger partial charge in [0.05, 0.1) is 0 Å². The van der Waals surface area contributed by atoms with Crippen molar-refractivity contribution >= 4 is 16.5 Å². The summed E-state index contributed by atoms with van der Waals surface area (Å²) in [5, 5.41) is 6.45. The van der Waals surface area contributed by atoms with Crippen LogP contribution in [0.4, 0.5) is 5.69 Å². The van der Waals surface area contributed by atoms with Gasteiger partial charge in [0.1, 0.15) is 11.5 Å². The first-order valence-electron chi connectivity index (χ1n) is 10.6. The standard InChI is InChI=1S/C23H27N5O3/c1-16-14-23(2,26-30-16)22-24-21(25-31-22)15-29-18-8-7-17-5-4-6-20(19(17)13-18)28-11-9-27(3)10-12-28/h4-8,13-14,26H,9-12,15H2,1-3H3. The van der Waals surface area contributed by atoms with Crippen LogP contribution in [0.3, 0.4) is 0 Å². The fraction of sp³-hybridized carbons (Fsp3) is 0.391. The zero-order valence-electron chi connectivity index (χ0n) is 18.1. The van der Waals surface area contributed by atoms with Crippen LogP contribution in [-0.4, -0.2) is 48.3 Å². The van der Waals surface area contributed by atoms with Gasteiger partial charge in [-0.1, -0.05) is 23.4 Å². The zero-order chi connectivity index (χ0) is 21.4. The number of ether oxygens (including phenoxy) is 1. The number of hydrogen-bond donors (Lipinski definition) is 1. The van der Waals surface area contributed by atoms with Crippen molar-refractivity contribution in [2.75, 3.05) is 38.1 Å². The second-order valence-corrected chi connectivity index (χ2v) is 8.42. The highest BCUT2D eigenvalue weighted by atomic mass is 16.7. The average molecular weight is 422 g/mol. The van der Waals surface area contributed by atoms with Gasteiger partial charge in [-0.05, 0) is 50.6 Å². The van der Waals surface area contributed by atoms with Crippen molar-refractivity contribution in [3.05, 3.63) is 59.9 Å². The van der Waals surface area contributed by atoms with E-state index in [1.807, 2.05) is 26.0 Å². The third-order valence-corrected chi connectivity index (χ3v) is 5.87. The summed E-state index contributed by atoms with van der Waals surface area (Å²) in [5.74, 6) is 2.48. The van der Waals surface area contributed by atoms with Crippen LogP contribution in [-0.2, 0) is 17.0 Å². The Labute approximate surface area is 181 Å². The molecule has 1 aromatic heterocycles. The molecule has 1 atom stereocenters. The number of nitrogens with zero attached hydrogens (tertiary/aromatic N) is 4. The summed E-state index contributed by atoms with van der Waals surface area (Å²) in [4.78, 5) is 14.6. The Morgan fingerprint density at radius 1 is 1.16 bits per heavy atom. The topological polar surface area (TPSA) is 75.9 Å². The predicted octanol–water partition coefficient (Wildman–Crippen LogP) is 3.21. The van der Waals surface area contributed by atoms with Crippen LogP contribution >= 0.6 is 0 Å². The molecule has 0 amide bonds. The van der Waals surface area contributed by atoms with Crippen molar-refractivity contribution in [1.29, 1.82) is 0 Å². The highest BCUT2D eigenvalue weighted by molar-refractivity contribution is 5.95. The number of aromatic nitrogens is 2. The Kier molecular flexibility index (Phi) is 5.03. The molecule has 0 saturated carbocycles. The number of hydroxylamine groups is 1. The first kappa shape index (κ1) is 19.8.